The Hall–Kier alpha value is -1.12. The Morgan fingerprint density at radius 3 is 2.50 bits per heavy atom. The molecular weight excluding hydrogens is 156 g/mol. The molecule has 0 aliphatic heterocycles. The lowest BCUT2D eigenvalue weighted by Gasteiger charge is -1.97. The highest BCUT2D eigenvalue weighted by atomic mass is 16.5. The molecule has 0 radical (unpaired) electrons. The molecule has 0 rings (SSSR count). The second-order valence-corrected chi connectivity index (χ2v) is 2.50. The van der Waals surface area contributed by atoms with Gasteiger partial charge in [0.05, 0.1) is 6.61 Å². The molecule has 0 aromatic rings. The number of carbonyl (C=O) groups excluding carboxylic acids is 2. The summed E-state index contributed by atoms with van der Waals surface area (Å²) >= 11 is 0. The van der Waals surface area contributed by atoms with Gasteiger partial charge >= 0.3 is 5.97 Å². The van der Waals surface area contributed by atoms with Crippen LogP contribution in [0.5, 0.6) is 0 Å². The Morgan fingerprint density at radius 1 is 1.33 bits per heavy atom. The Balaban J connectivity index is 3.21. The van der Waals surface area contributed by atoms with Crippen LogP contribution in [0, 0.1) is 0 Å². The zero-order valence-corrected chi connectivity index (χ0v) is 7.50. The lowest BCUT2D eigenvalue weighted by molar-refractivity contribution is -0.141. The molecule has 0 atom stereocenters. The van der Waals surface area contributed by atoms with Crippen molar-refractivity contribution < 1.29 is 14.3 Å². The third-order valence-electron chi connectivity index (χ3n) is 1.17. The highest BCUT2D eigenvalue weighted by Gasteiger charge is 1.90. The molecule has 0 saturated carbocycles. The standard InChI is InChI=1S/C9H14O3/c1-8(10)6-4-3-5-7-12-9(2)11/h4,6H,3,5,7H2,1-2H3/b6-4+. The summed E-state index contributed by atoms with van der Waals surface area (Å²) in [4.78, 5) is 20.7. The minimum absolute atomic E-state index is 0.0440. The van der Waals surface area contributed by atoms with Crippen LogP contribution in [-0.4, -0.2) is 18.4 Å². The predicted octanol–water partition coefficient (Wildman–Crippen LogP) is 1.47. The van der Waals surface area contributed by atoms with Crippen LogP contribution < -0.4 is 0 Å². The molecule has 12 heavy (non-hydrogen) atoms. The molecule has 0 fully saturated rings. The second kappa shape index (κ2) is 6.58. The van der Waals surface area contributed by atoms with Crippen LogP contribution in [0.3, 0.4) is 0 Å². The van der Waals surface area contributed by atoms with Gasteiger partial charge in [0, 0.05) is 6.92 Å². The van der Waals surface area contributed by atoms with Crippen LogP contribution >= 0.6 is 0 Å². The average molecular weight is 170 g/mol. The first-order valence-corrected chi connectivity index (χ1v) is 3.93. The molecule has 0 saturated heterocycles. The van der Waals surface area contributed by atoms with Gasteiger partial charge in [0.2, 0.25) is 0 Å². The van der Waals surface area contributed by atoms with E-state index in [1.165, 1.54) is 19.9 Å². The minimum Gasteiger partial charge on any atom is -0.466 e. The number of allylic oxidation sites excluding steroid dienone is 2. The molecule has 0 aliphatic carbocycles. The van der Waals surface area contributed by atoms with E-state index in [1.807, 2.05) is 0 Å². The van der Waals surface area contributed by atoms with Crippen LogP contribution in [0.25, 0.3) is 0 Å². The van der Waals surface area contributed by atoms with Gasteiger partial charge in [-0.05, 0) is 25.8 Å². The smallest absolute Gasteiger partial charge is 0.302 e. The van der Waals surface area contributed by atoms with E-state index in [1.54, 1.807) is 6.08 Å². The zero-order valence-electron chi connectivity index (χ0n) is 7.50. The molecule has 0 amide bonds. The molecule has 68 valence electrons. The van der Waals surface area contributed by atoms with Crippen molar-refractivity contribution in [2.45, 2.75) is 26.7 Å². The van der Waals surface area contributed by atoms with Crippen molar-refractivity contribution in [3.05, 3.63) is 12.2 Å². The predicted molar refractivity (Wildman–Crippen MR) is 45.7 cm³/mol. The maximum Gasteiger partial charge on any atom is 0.302 e. The quantitative estimate of drug-likeness (QED) is 0.356. The summed E-state index contributed by atoms with van der Waals surface area (Å²) in [6, 6.07) is 0. The molecule has 0 N–H and O–H groups in total. The van der Waals surface area contributed by atoms with E-state index in [0.717, 1.165) is 12.8 Å². The molecule has 0 aliphatic rings. The van der Waals surface area contributed by atoms with Crippen LogP contribution in [0.2, 0.25) is 0 Å². The molecule has 0 aromatic heterocycles. The summed E-state index contributed by atoms with van der Waals surface area (Å²) in [5.41, 5.74) is 0. The van der Waals surface area contributed by atoms with Gasteiger partial charge in [-0.2, -0.15) is 0 Å². The Kier molecular flexibility index (Phi) is 5.97. The fourth-order valence-corrected chi connectivity index (χ4v) is 0.666. The van der Waals surface area contributed by atoms with E-state index in [9.17, 15) is 9.59 Å². The van der Waals surface area contributed by atoms with Gasteiger partial charge in [0.1, 0.15) is 0 Å². The third kappa shape index (κ3) is 8.88. The topological polar surface area (TPSA) is 43.4 Å². The number of rotatable bonds is 5. The molecule has 0 spiro atoms. The van der Waals surface area contributed by atoms with Gasteiger partial charge in [-0.3, -0.25) is 9.59 Å². The van der Waals surface area contributed by atoms with Crippen LogP contribution in [0.1, 0.15) is 26.7 Å². The van der Waals surface area contributed by atoms with Crippen molar-refractivity contribution in [3.63, 3.8) is 0 Å². The number of carbonyl (C=O) groups is 2. The van der Waals surface area contributed by atoms with Gasteiger partial charge in [0.15, 0.2) is 5.78 Å². The van der Waals surface area contributed by atoms with E-state index < -0.39 is 0 Å². The number of esters is 1. The van der Waals surface area contributed by atoms with Gasteiger partial charge < -0.3 is 4.74 Å². The normalized spacial score (nSPS) is 10.2. The fraction of sp³-hybridized carbons (Fsp3) is 0.556. The van der Waals surface area contributed by atoms with E-state index in [0.29, 0.717) is 6.61 Å². The Morgan fingerprint density at radius 2 is 2.00 bits per heavy atom. The summed E-state index contributed by atoms with van der Waals surface area (Å²) in [5, 5.41) is 0. The minimum atomic E-state index is -0.259. The average Bonchev–Trinajstić information content (AvgIpc) is 1.95. The number of ether oxygens (including phenoxy) is 1. The Bertz CT molecular complexity index is 182. The summed E-state index contributed by atoms with van der Waals surface area (Å²) in [6.45, 7) is 3.31. The maximum atomic E-state index is 10.4. The number of hydrogen-bond donors (Lipinski definition) is 0. The summed E-state index contributed by atoms with van der Waals surface area (Å²) < 4.78 is 4.69. The molecule has 0 bridgehead atoms. The van der Waals surface area contributed by atoms with Crippen molar-refractivity contribution in [3.8, 4) is 0 Å². The van der Waals surface area contributed by atoms with Gasteiger partial charge in [-0.25, -0.2) is 0 Å². The van der Waals surface area contributed by atoms with E-state index in [-0.39, 0.29) is 11.8 Å². The summed E-state index contributed by atoms with van der Waals surface area (Å²) in [7, 11) is 0. The SMILES string of the molecule is CC(=O)/C=C/CCCOC(C)=O. The first kappa shape index (κ1) is 10.9. The van der Waals surface area contributed by atoms with Gasteiger partial charge in [-0.1, -0.05) is 6.08 Å². The molecule has 3 nitrogen and oxygen atoms in total. The highest BCUT2D eigenvalue weighted by molar-refractivity contribution is 5.87. The largest absolute Gasteiger partial charge is 0.466 e. The number of unbranched alkanes of at least 4 members (excludes halogenated alkanes) is 1. The second-order valence-electron chi connectivity index (χ2n) is 2.50. The maximum absolute atomic E-state index is 10.4. The first-order valence-electron chi connectivity index (χ1n) is 3.93. The molecule has 0 heterocycles. The lowest BCUT2D eigenvalue weighted by Crippen LogP contribution is -1.99. The molecule has 0 unspecified atom stereocenters. The van der Waals surface area contributed by atoms with Crippen molar-refractivity contribution in [2.24, 2.45) is 0 Å². The van der Waals surface area contributed by atoms with Crippen LogP contribution in [-0.2, 0) is 14.3 Å². The van der Waals surface area contributed by atoms with E-state index in [4.69, 9.17) is 4.74 Å². The molecule has 3 heteroatoms. The monoisotopic (exact) mass is 170 g/mol. The van der Waals surface area contributed by atoms with Gasteiger partial charge in [-0.15, -0.1) is 0 Å². The Labute approximate surface area is 72.4 Å². The zero-order chi connectivity index (χ0) is 9.40. The fourth-order valence-electron chi connectivity index (χ4n) is 0.666. The summed E-state index contributed by atoms with van der Waals surface area (Å²) in [6.07, 6.45) is 4.84. The highest BCUT2D eigenvalue weighted by Crippen LogP contribution is 1.92. The number of ketones is 1. The summed E-state index contributed by atoms with van der Waals surface area (Å²) in [5.74, 6) is -0.215. The van der Waals surface area contributed by atoms with E-state index in [2.05, 4.69) is 0 Å². The lowest BCUT2D eigenvalue weighted by atomic mass is 10.3. The van der Waals surface area contributed by atoms with Crippen molar-refractivity contribution in [1.29, 1.82) is 0 Å². The van der Waals surface area contributed by atoms with Gasteiger partial charge in [0.25, 0.3) is 0 Å². The molecular formula is C9H14O3. The van der Waals surface area contributed by atoms with Crippen LogP contribution in [0.15, 0.2) is 12.2 Å². The number of hydrogen-bond acceptors (Lipinski definition) is 3. The van der Waals surface area contributed by atoms with E-state index >= 15 is 0 Å². The van der Waals surface area contributed by atoms with Crippen molar-refractivity contribution in [1.82, 2.24) is 0 Å². The molecule has 0 aromatic carbocycles. The first-order chi connectivity index (χ1) is 5.63. The third-order valence-corrected chi connectivity index (χ3v) is 1.17. The van der Waals surface area contributed by atoms with Crippen molar-refractivity contribution >= 4 is 11.8 Å². The van der Waals surface area contributed by atoms with Crippen molar-refractivity contribution in [2.75, 3.05) is 6.61 Å². The van der Waals surface area contributed by atoms with Crippen LogP contribution in [0.4, 0.5) is 0 Å².